The van der Waals surface area contributed by atoms with Crippen LogP contribution in [0.2, 0.25) is 0 Å². The topological polar surface area (TPSA) is 59.5 Å². The van der Waals surface area contributed by atoms with Crippen molar-refractivity contribution in [2.75, 3.05) is 6.54 Å². The van der Waals surface area contributed by atoms with Gasteiger partial charge in [0.05, 0.1) is 11.6 Å². The van der Waals surface area contributed by atoms with Crippen LogP contribution in [0, 0.1) is 5.92 Å². The molecule has 0 saturated carbocycles. The molecule has 0 N–H and O–H groups in total. The molecule has 1 aliphatic rings. The predicted octanol–water partition coefficient (Wildman–Crippen LogP) is 3.90. The third kappa shape index (κ3) is 4.28. The first-order chi connectivity index (χ1) is 13.7. The van der Waals surface area contributed by atoms with E-state index in [4.69, 9.17) is 4.74 Å². The van der Waals surface area contributed by atoms with Crippen LogP contribution in [-0.4, -0.2) is 28.3 Å². The summed E-state index contributed by atoms with van der Waals surface area (Å²) in [5.74, 6) is -0.757. The molecule has 1 amide bonds. The first kappa shape index (κ1) is 18.4. The molecule has 1 unspecified atom stereocenters. The van der Waals surface area contributed by atoms with Crippen LogP contribution in [0.3, 0.4) is 0 Å². The van der Waals surface area contributed by atoms with Crippen molar-refractivity contribution in [1.82, 2.24) is 9.88 Å². The molecule has 1 aliphatic heterocycles. The summed E-state index contributed by atoms with van der Waals surface area (Å²) < 4.78 is 5.43. The molecule has 1 aromatic heterocycles. The Morgan fingerprint density at radius 2 is 1.82 bits per heavy atom. The zero-order valence-corrected chi connectivity index (χ0v) is 16.1. The molecule has 2 heterocycles. The minimum Gasteiger partial charge on any atom is -0.459 e. The largest absolute Gasteiger partial charge is 0.459 e. The average molecular weight is 392 g/mol. The number of carbonyl (C=O) groups is 2. The molecule has 0 aliphatic carbocycles. The lowest BCUT2D eigenvalue weighted by atomic mass is 10.1. The van der Waals surface area contributed by atoms with Gasteiger partial charge in [-0.1, -0.05) is 60.7 Å². The maximum atomic E-state index is 12.4. The van der Waals surface area contributed by atoms with Crippen molar-refractivity contribution < 1.29 is 14.3 Å². The monoisotopic (exact) mass is 392 g/mol. The van der Waals surface area contributed by atoms with Crippen LogP contribution in [0.5, 0.6) is 0 Å². The van der Waals surface area contributed by atoms with E-state index in [1.807, 2.05) is 66.0 Å². The van der Waals surface area contributed by atoms with Gasteiger partial charge in [-0.25, -0.2) is 4.98 Å². The molecule has 5 nitrogen and oxygen atoms in total. The Morgan fingerprint density at radius 3 is 2.57 bits per heavy atom. The smallest absolute Gasteiger partial charge is 0.311 e. The highest BCUT2D eigenvalue weighted by Crippen LogP contribution is 2.25. The van der Waals surface area contributed by atoms with Gasteiger partial charge >= 0.3 is 5.97 Å². The molecule has 0 radical (unpaired) electrons. The number of thiazole rings is 1. The Labute approximate surface area is 167 Å². The van der Waals surface area contributed by atoms with Crippen LogP contribution < -0.4 is 0 Å². The van der Waals surface area contributed by atoms with Gasteiger partial charge in [0.15, 0.2) is 0 Å². The average Bonchev–Trinajstić information content (AvgIpc) is 3.35. The van der Waals surface area contributed by atoms with E-state index in [2.05, 4.69) is 4.98 Å². The van der Waals surface area contributed by atoms with Crippen molar-refractivity contribution in [3.8, 4) is 10.6 Å². The summed E-state index contributed by atoms with van der Waals surface area (Å²) in [4.78, 5) is 30.9. The van der Waals surface area contributed by atoms with E-state index in [-0.39, 0.29) is 24.9 Å². The second-order valence-electron chi connectivity index (χ2n) is 6.78. The molecule has 3 aromatic rings. The van der Waals surface area contributed by atoms with Crippen LogP contribution in [-0.2, 0) is 27.5 Å². The molecule has 1 saturated heterocycles. The zero-order valence-electron chi connectivity index (χ0n) is 15.3. The van der Waals surface area contributed by atoms with Crippen molar-refractivity contribution in [3.05, 3.63) is 77.3 Å². The highest BCUT2D eigenvalue weighted by molar-refractivity contribution is 7.13. The highest BCUT2D eigenvalue weighted by Gasteiger charge is 2.35. The molecule has 1 atom stereocenters. The number of esters is 1. The van der Waals surface area contributed by atoms with E-state index in [0.717, 1.165) is 21.8 Å². The SMILES string of the molecule is O=C(OCc1csc(-c2ccccc2)n1)C1CC(=O)N(Cc2ccccc2)C1. The van der Waals surface area contributed by atoms with E-state index in [1.165, 1.54) is 11.3 Å². The molecule has 1 fully saturated rings. The highest BCUT2D eigenvalue weighted by atomic mass is 32.1. The van der Waals surface area contributed by atoms with Crippen molar-refractivity contribution in [3.63, 3.8) is 0 Å². The standard InChI is InChI=1S/C22H20N2O3S/c25-20-11-18(13-24(20)12-16-7-3-1-4-8-16)22(26)27-14-19-15-28-21(23-19)17-9-5-2-6-10-17/h1-10,15,18H,11-14H2. The number of hydrogen-bond acceptors (Lipinski definition) is 5. The molecule has 0 spiro atoms. The van der Waals surface area contributed by atoms with Crippen LogP contribution >= 0.6 is 11.3 Å². The summed E-state index contributed by atoms with van der Waals surface area (Å²) >= 11 is 1.52. The van der Waals surface area contributed by atoms with Gasteiger partial charge in [0.25, 0.3) is 0 Å². The van der Waals surface area contributed by atoms with Crippen LogP contribution in [0.15, 0.2) is 66.0 Å². The fraction of sp³-hybridized carbons (Fsp3) is 0.227. The number of carbonyl (C=O) groups excluding carboxylic acids is 2. The van der Waals surface area contributed by atoms with E-state index in [1.54, 1.807) is 4.90 Å². The van der Waals surface area contributed by atoms with E-state index in [9.17, 15) is 9.59 Å². The van der Waals surface area contributed by atoms with Gasteiger partial charge in [-0.3, -0.25) is 9.59 Å². The van der Waals surface area contributed by atoms with E-state index >= 15 is 0 Å². The first-order valence-corrected chi connectivity index (χ1v) is 10.0. The molecule has 0 bridgehead atoms. The normalized spacial score (nSPS) is 16.4. The Balaban J connectivity index is 1.31. The molecule has 142 valence electrons. The van der Waals surface area contributed by atoms with Gasteiger partial charge in [0.2, 0.25) is 5.91 Å². The summed E-state index contributed by atoms with van der Waals surface area (Å²) in [6, 6.07) is 19.7. The molecule has 2 aromatic carbocycles. The third-order valence-electron chi connectivity index (χ3n) is 4.70. The number of likely N-dealkylation sites (tertiary alicyclic amines) is 1. The van der Waals surface area contributed by atoms with E-state index in [0.29, 0.717) is 13.1 Å². The lowest BCUT2D eigenvalue weighted by molar-refractivity contribution is -0.149. The van der Waals surface area contributed by atoms with Crippen LogP contribution in [0.1, 0.15) is 17.7 Å². The lowest BCUT2D eigenvalue weighted by Crippen LogP contribution is -2.26. The maximum Gasteiger partial charge on any atom is 0.311 e. The van der Waals surface area contributed by atoms with Crippen molar-refractivity contribution >= 4 is 23.2 Å². The predicted molar refractivity (Wildman–Crippen MR) is 107 cm³/mol. The second kappa shape index (κ2) is 8.35. The number of aromatic nitrogens is 1. The summed E-state index contributed by atoms with van der Waals surface area (Å²) in [7, 11) is 0. The van der Waals surface area contributed by atoms with Gasteiger partial charge in [-0.2, -0.15) is 0 Å². The fourth-order valence-electron chi connectivity index (χ4n) is 3.24. The minimum atomic E-state index is -0.413. The first-order valence-electron chi connectivity index (χ1n) is 9.17. The summed E-state index contributed by atoms with van der Waals surface area (Å²) in [5.41, 5.74) is 2.83. The van der Waals surface area contributed by atoms with Crippen molar-refractivity contribution in [2.24, 2.45) is 5.92 Å². The Kier molecular flexibility index (Phi) is 5.48. The van der Waals surface area contributed by atoms with Crippen molar-refractivity contribution in [1.29, 1.82) is 0 Å². The Morgan fingerprint density at radius 1 is 1.11 bits per heavy atom. The number of amides is 1. The maximum absolute atomic E-state index is 12.4. The summed E-state index contributed by atoms with van der Waals surface area (Å²) in [6.45, 7) is 1.06. The van der Waals surface area contributed by atoms with Gasteiger partial charge in [-0.05, 0) is 5.56 Å². The van der Waals surface area contributed by atoms with E-state index < -0.39 is 5.92 Å². The Hall–Kier alpha value is -2.99. The number of hydrogen-bond donors (Lipinski definition) is 0. The number of ether oxygens (including phenoxy) is 1. The summed E-state index contributed by atoms with van der Waals surface area (Å²) in [6.07, 6.45) is 0.206. The number of benzene rings is 2. The third-order valence-corrected chi connectivity index (χ3v) is 5.64. The Bertz CT molecular complexity index is 956. The molecular formula is C22H20N2O3S. The fourth-order valence-corrected chi connectivity index (χ4v) is 4.05. The summed E-state index contributed by atoms with van der Waals surface area (Å²) in [5, 5.41) is 2.80. The number of rotatable bonds is 6. The molecule has 4 rings (SSSR count). The molecular weight excluding hydrogens is 372 g/mol. The second-order valence-corrected chi connectivity index (χ2v) is 7.64. The van der Waals surface area contributed by atoms with Gasteiger partial charge in [0, 0.05) is 30.5 Å². The van der Waals surface area contributed by atoms with Crippen molar-refractivity contribution in [2.45, 2.75) is 19.6 Å². The van der Waals surface area contributed by atoms with Crippen LogP contribution in [0.25, 0.3) is 10.6 Å². The van der Waals surface area contributed by atoms with Gasteiger partial charge in [-0.15, -0.1) is 11.3 Å². The molecule has 28 heavy (non-hydrogen) atoms. The molecule has 6 heteroatoms. The van der Waals surface area contributed by atoms with Crippen LogP contribution in [0.4, 0.5) is 0 Å². The van der Waals surface area contributed by atoms with Gasteiger partial charge in [0.1, 0.15) is 11.6 Å². The quantitative estimate of drug-likeness (QED) is 0.597. The lowest BCUT2D eigenvalue weighted by Gasteiger charge is -2.16. The minimum absolute atomic E-state index is 0.00850. The zero-order chi connectivity index (χ0) is 19.3. The number of nitrogens with zero attached hydrogens (tertiary/aromatic N) is 2. The van der Waals surface area contributed by atoms with Gasteiger partial charge < -0.3 is 9.64 Å².